The summed E-state index contributed by atoms with van der Waals surface area (Å²) in [4.78, 5) is 46.2. The van der Waals surface area contributed by atoms with Crippen molar-refractivity contribution in [2.24, 2.45) is 5.41 Å². The predicted molar refractivity (Wildman–Crippen MR) is 180 cm³/mol. The van der Waals surface area contributed by atoms with Gasteiger partial charge in [0.05, 0.1) is 30.6 Å². The first-order valence-electron chi connectivity index (χ1n) is 17.0. The molecular weight excluding hydrogens is 616 g/mol. The number of hydrogen-bond acceptors (Lipinski definition) is 11. The Hall–Kier alpha value is -4.24. The molecule has 0 aliphatic carbocycles. The maximum absolute atomic E-state index is 12.7. The minimum absolute atomic E-state index is 0.110. The molecule has 7 rings (SSSR count). The van der Waals surface area contributed by atoms with Gasteiger partial charge in [-0.05, 0) is 71.9 Å². The number of pyridine rings is 1. The van der Waals surface area contributed by atoms with Crippen molar-refractivity contribution in [2.75, 3.05) is 61.1 Å². The van der Waals surface area contributed by atoms with Crippen molar-refractivity contribution in [1.82, 2.24) is 35.4 Å². The largest absolute Gasteiger partial charge is 0.444 e. The minimum Gasteiger partial charge on any atom is -0.444 e. The van der Waals surface area contributed by atoms with Crippen LogP contribution in [0.15, 0.2) is 24.5 Å². The summed E-state index contributed by atoms with van der Waals surface area (Å²) in [6.07, 6.45) is 7.30. The third kappa shape index (κ3) is 5.97. The number of rotatable bonds is 4. The third-order valence-corrected chi connectivity index (χ3v) is 9.89. The first kappa shape index (κ1) is 32.3. The highest BCUT2D eigenvalue weighted by molar-refractivity contribution is 5.98. The van der Waals surface area contributed by atoms with Gasteiger partial charge in [0.25, 0.3) is 0 Å². The van der Waals surface area contributed by atoms with Crippen LogP contribution in [0.1, 0.15) is 66.0 Å². The molecule has 0 saturated carbocycles. The Labute approximate surface area is 280 Å². The zero-order chi connectivity index (χ0) is 33.6. The normalized spacial score (nSPS) is 24.1. The van der Waals surface area contributed by atoms with E-state index in [9.17, 15) is 9.59 Å². The van der Waals surface area contributed by atoms with Crippen molar-refractivity contribution in [3.63, 3.8) is 0 Å². The first-order valence-corrected chi connectivity index (χ1v) is 17.0. The van der Waals surface area contributed by atoms with Crippen LogP contribution in [0.3, 0.4) is 0 Å². The van der Waals surface area contributed by atoms with Gasteiger partial charge in [-0.1, -0.05) is 0 Å². The van der Waals surface area contributed by atoms with E-state index in [1.165, 1.54) is 0 Å². The van der Waals surface area contributed by atoms with Gasteiger partial charge in [-0.3, -0.25) is 4.90 Å². The molecule has 3 atom stereocenters. The number of alkyl carbamates (subject to hydrolysis) is 1. The molecule has 0 bridgehead atoms. The first-order chi connectivity index (χ1) is 23.1. The molecule has 1 unspecified atom stereocenters. The average Bonchev–Trinajstić information content (AvgIpc) is 3.60. The molecule has 3 amide bonds. The number of nitrogens with one attached hydrogen (secondary N) is 2. The highest BCUT2D eigenvalue weighted by atomic mass is 16.6. The molecule has 15 heteroatoms. The number of carbonyl (C=O) groups is 2. The van der Waals surface area contributed by atoms with Crippen molar-refractivity contribution < 1.29 is 23.8 Å². The molecular formula is C33H46N10O5. The van der Waals surface area contributed by atoms with Gasteiger partial charge in [-0.2, -0.15) is 0 Å². The number of nitrogens with zero attached hydrogens (tertiary/aromatic N) is 8. The minimum atomic E-state index is -0.574. The Kier molecular flexibility index (Phi) is 8.52. The second kappa shape index (κ2) is 12.7. The number of amides is 3. The van der Waals surface area contributed by atoms with E-state index < -0.39 is 11.7 Å². The van der Waals surface area contributed by atoms with Gasteiger partial charge in [-0.15, -0.1) is 5.10 Å². The number of piperidine rings is 1. The Bertz CT molecular complexity index is 1660. The summed E-state index contributed by atoms with van der Waals surface area (Å²) in [5.41, 5.74) is 1.26. The van der Waals surface area contributed by atoms with Crippen LogP contribution in [0.5, 0.6) is 0 Å². The number of urea groups is 1. The van der Waals surface area contributed by atoms with Crippen LogP contribution < -0.4 is 25.3 Å². The van der Waals surface area contributed by atoms with Crippen molar-refractivity contribution >= 4 is 46.4 Å². The van der Waals surface area contributed by atoms with E-state index in [1.807, 2.05) is 55.6 Å². The Morgan fingerprint density at radius 2 is 1.88 bits per heavy atom. The molecule has 3 aromatic heterocycles. The quantitative estimate of drug-likeness (QED) is 0.415. The van der Waals surface area contributed by atoms with E-state index >= 15 is 0 Å². The van der Waals surface area contributed by atoms with Gasteiger partial charge in [0, 0.05) is 51.4 Å². The molecule has 258 valence electrons. The Morgan fingerprint density at radius 1 is 1.06 bits per heavy atom. The molecule has 0 aromatic carbocycles. The number of anilines is 4. The summed E-state index contributed by atoms with van der Waals surface area (Å²) in [5, 5.41) is 10.9. The van der Waals surface area contributed by atoms with Gasteiger partial charge in [0.1, 0.15) is 11.4 Å². The zero-order valence-corrected chi connectivity index (χ0v) is 28.4. The summed E-state index contributed by atoms with van der Waals surface area (Å²) in [5.74, 6) is 2.05. The number of hydrogen-bond donors (Lipinski definition) is 2. The van der Waals surface area contributed by atoms with Crippen molar-refractivity contribution in [3.05, 3.63) is 24.5 Å². The predicted octanol–water partition coefficient (Wildman–Crippen LogP) is 4.12. The van der Waals surface area contributed by atoms with Crippen molar-refractivity contribution in [3.8, 4) is 0 Å². The monoisotopic (exact) mass is 662 g/mol. The van der Waals surface area contributed by atoms with Gasteiger partial charge in [0.2, 0.25) is 0 Å². The lowest BCUT2D eigenvalue weighted by Crippen LogP contribution is -2.55. The van der Waals surface area contributed by atoms with Crippen LogP contribution >= 0.6 is 0 Å². The van der Waals surface area contributed by atoms with Crippen molar-refractivity contribution in [1.29, 1.82) is 0 Å². The van der Waals surface area contributed by atoms with E-state index in [-0.39, 0.29) is 29.8 Å². The van der Waals surface area contributed by atoms with Gasteiger partial charge < -0.3 is 34.6 Å². The number of ether oxygens (including phenoxy) is 3. The molecule has 48 heavy (non-hydrogen) atoms. The molecule has 3 saturated heterocycles. The fourth-order valence-electron chi connectivity index (χ4n) is 7.44. The van der Waals surface area contributed by atoms with Crippen LogP contribution in [-0.4, -0.2) is 101 Å². The highest BCUT2D eigenvalue weighted by Gasteiger charge is 2.50. The molecule has 15 nitrogen and oxygen atoms in total. The molecule has 4 aliphatic rings. The number of aromatic nitrogens is 5. The molecule has 2 N–H and O–H groups in total. The lowest BCUT2D eigenvalue weighted by Gasteiger charge is -2.42. The van der Waals surface area contributed by atoms with Crippen LogP contribution in [0, 0.1) is 5.41 Å². The van der Waals surface area contributed by atoms with Crippen molar-refractivity contribution in [2.45, 2.75) is 83.8 Å². The van der Waals surface area contributed by atoms with Crippen LogP contribution in [-0.2, 0) is 14.2 Å². The third-order valence-electron chi connectivity index (χ3n) is 9.89. The SMILES string of the molecule is CNC(=O)N1CCN(c2nn(C3CCCCO3)c3nc(N4CCC5(CC4)CO[C@@H](C)[C@H]5NC(=O)OC(C)(C)C)cnc23)c2ncccc21. The maximum atomic E-state index is 12.7. The maximum Gasteiger partial charge on any atom is 0.407 e. The smallest absolute Gasteiger partial charge is 0.407 e. The Balaban J connectivity index is 1.17. The molecule has 3 fully saturated rings. The molecule has 0 radical (unpaired) electrons. The molecule has 4 aliphatic heterocycles. The van der Waals surface area contributed by atoms with Crippen LogP contribution in [0.25, 0.3) is 11.2 Å². The number of carbonyl (C=O) groups excluding carboxylic acids is 2. The fraction of sp³-hybridized carbons (Fsp3) is 0.636. The summed E-state index contributed by atoms with van der Waals surface area (Å²) in [6.45, 7) is 11.3. The van der Waals surface area contributed by atoms with Gasteiger partial charge >= 0.3 is 12.1 Å². The van der Waals surface area contributed by atoms with Crippen LogP contribution in [0.4, 0.5) is 32.7 Å². The molecule has 7 heterocycles. The molecule has 1 spiro atoms. The molecule has 3 aromatic rings. The highest BCUT2D eigenvalue weighted by Crippen LogP contribution is 2.44. The standard InChI is InChI=1S/C33H46N10O5/c1-21-26(38-31(45)48-32(2,3)4)33(20-47-21)11-14-40(15-12-33)23-19-36-25-28(37-23)43(24-10-6-7-18-46-24)39-29(25)42-17-16-41(30(44)34-5)22-9-8-13-35-27(22)42/h8-9,13,19,21,24,26H,6-7,10-12,14-18,20H2,1-5H3,(H,34,44)(H,38,45)/t21-,24?,26+/m0/s1. The van der Waals surface area contributed by atoms with Gasteiger partial charge in [-0.25, -0.2) is 29.2 Å². The number of fused-ring (bicyclic) bond motifs is 2. The van der Waals surface area contributed by atoms with E-state index in [2.05, 4.69) is 20.5 Å². The van der Waals surface area contributed by atoms with E-state index in [4.69, 9.17) is 29.3 Å². The lowest BCUT2D eigenvalue weighted by atomic mass is 9.73. The second-order valence-corrected chi connectivity index (χ2v) is 14.2. The average molecular weight is 663 g/mol. The Morgan fingerprint density at radius 3 is 2.60 bits per heavy atom. The zero-order valence-electron chi connectivity index (χ0n) is 28.4. The lowest BCUT2D eigenvalue weighted by molar-refractivity contribution is -0.0368. The summed E-state index contributed by atoms with van der Waals surface area (Å²) < 4.78 is 19.8. The summed E-state index contributed by atoms with van der Waals surface area (Å²) in [6, 6.07) is 3.39. The van der Waals surface area contributed by atoms with E-state index in [0.717, 1.165) is 51.0 Å². The van der Waals surface area contributed by atoms with Gasteiger partial charge in [0.15, 0.2) is 29.0 Å². The van der Waals surface area contributed by atoms with E-state index in [1.54, 1.807) is 18.1 Å². The van der Waals surface area contributed by atoms with E-state index in [0.29, 0.717) is 54.8 Å². The fourth-order valence-corrected chi connectivity index (χ4v) is 7.44. The second-order valence-electron chi connectivity index (χ2n) is 14.2. The summed E-state index contributed by atoms with van der Waals surface area (Å²) >= 11 is 0. The topological polar surface area (TPSA) is 152 Å². The van der Waals surface area contributed by atoms with Crippen LogP contribution in [0.2, 0.25) is 0 Å². The summed E-state index contributed by atoms with van der Waals surface area (Å²) in [7, 11) is 1.63.